The number of halogens is 3. The molecule has 0 unspecified atom stereocenters. The van der Waals surface area contributed by atoms with Gasteiger partial charge in [-0.15, -0.1) is 0 Å². The topological polar surface area (TPSA) is 54.1 Å². The summed E-state index contributed by atoms with van der Waals surface area (Å²) in [5, 5.41) is 2.55. The minimum absolute atomic E-state index is 0.180. The second-order valence-electron chi connectivity index (χ2n) is 4.61. The number of methoxy groups -OCH3 is 1. The molecule has 7 heteroatoms. The van der Waals surface area contributed by atoms with Crippen LogP contribution in [0.5, 0.6) is 0 Å². The van der Waals surface area contributed by atoms with Crippen LogP contribution in [0.3, 0.4) is 0 Å². The fourth-order valence-electron chi connectivity index (χ4n) is 2.11. The zero-order valence-electron chi connectivity index (χ0n) is 11.8. The maximum atomic E-state index is 13.0. The molecule has 118 valence electrons. The summed E-state index contributed by atoms with van der Waals surface area (Å²) in [4.78, 5) is 15.0. The Balaban J connectivity index is 2.19. The molecule has 0 aliphatic carbocycles. The molecule has 2 N–H and O–H groups in total. The lowest BCUT2D eigenvalue weighted by molar-refractivity contribution is -0.141. The molecule has 0 radical (unpaired) electrons. The van der Waals surface area contributed by atoms with Crippen molar-refractivity contribution in [2.24, 2.45) is 0 Å². The fraction of sp³-hybridized carbons (Fsp3) is 0.267. The number of alkyl halides is 3. The lowest BCUT2D eigenvalue weighted by Crippen LogP contribution is -2.31. The quantitative estimate of drug-likeness (QED) is 0.891. The van der Waals surface area contributed by atoms with Crippen molar-refractivity contribution in [1.29, 1.82) is 0 Å². The summed E-state index contributed by atoms with van der Waals surface area (Å²) < 4.78 is 44.1. The zero-order chi connectivity index (χ0) is 16.2. The van der Waals surface area contributed by atoms with Crippen LogP contribution in [0.4, 0.5) is 13.2 Å². The largest absolute Gasteiger partial charge is 0.416 e. The van der Waals surface area contributed by atoms with Crippen LogP contribution in [0.2, 0.25) is 0 Å². The second-order valence-corrected chi connectivity index (χ2v) is 4.61. The van der Waals surface area contributed by atoms with Crippen molar-refractivity contribution in [3.05, 3.63) is 59.4 Å². The lowest BCUT2D eigenvalue weighted by Gasteiger charge is -2.20. The number of rotatable bonds is 5. The third-order valence-electron chi connectivity index (χ3n) is 3.14. The molecule has 1 amide bonds. The maximum absolute atomic E-state index is 13.0. The molecular weight excluding hydrogens is 297 g/mol. The van der Waals surface area contributed by atoms with Crippen molar-refractivity contribution in [3.8, 4) is 0 Å². The van der Waals surface area contributed by atoms with Crippen molar-refractivity contribution in [1.82, 2.24) is 10.3 Å². The Labute approximate surface area is 125 Å². The standard InChI is InChI=1S/C15H15F3N2O2/c1-22-13(14(21)20-9-10-5-4-8-19-10)11-6-2-3-7-12(11)15(16,17)18/h2-8,13,19H,9H2,1H3,(H,20,21)/t13-/m1/s1. The van der Waals surface area contributed by atoms with Gasteiger partial charge in [-0.25, -0.2) is 0 Å². The zero-order valence-corrected chi connectivity index (χ0v) is 11.8. The highest BCUT2D eigenvalue weighted by Gasteiger charge is 2.36. The molecule has 2 aromatic rings. The molecule has 1 atom stereocenters. The number of benzene rings is 1. The van der Waals surface area contributed by atoms with E-state index in [4.69, 9.17) is 4.74 Å². The van der Waals surface area contributed by atoms with E-state index in [1.54, 1.807) is 18.3 Å². The highest BCUT2D eigenvalue weighted by molar-refractivity contribution is 5.82. The van der Waals surface area contributed by atoms with Crippen LogP contribution < -0.4 is 5.32 Å². The summed E-state index contributed by atoms with van der Waals surface area (Å²) in [6.07, 6.45) is -4.19. The summed E-state index contributed by atoms with van der Waals surface area (Å²) in [5.41, 5.74) is -0.342. The van der Waals surface area contributed by atoms with Crippen molar-refractivity contribution in [2.75, 3.05) is 7.11 Å². The van der Waals surface area contributed by atoms with Crippen molar-refractivity contribution >= 4 is 5.91 Å². The molecule has 4 nitrogen and oxygen atoms in total. The summed E-state index contributed by atoms with van der Waals surface area (Å²) >= 11 is 0. The molecule has 0 saturated heterocycles. The number of hydrogen-bond acceptors (Lipinski definition) is 2. The van der Waals surface area contributed by atoms with E-state index in [2.05, 4.69) is 10.3 Å². The highest BCUT2D eigenvalue weighted by atomic mass is 19.4. The van der Waals surface area contributed by atoms with Gasteiger partial charge in [-0.3, -0.25) is 4.79 Å². The van der Waals surface area contributed by atoms with Gasteiger partial charge in [0.15, 0.2) is 6.10 Å². The van der Waals surface area contributed by atoms with Gasteiger partial charge in [-0.1, -0.05) is 18.2 Å². The average molecular weight is 312 g/mol. The third-order valence-corrected chi connectivity index (χ3v) is 3.14. The van der Waals surface area contributed by atoms with Gasteiger partial charge in [0.05, 0.1) is 12.1 Å². The van der Waals surface area contributed by atoms with Crippen LogP contribution in [0.1, 0.15) is 22.9 Å². The second kappa shape index (κ2) is 6.65. The summed E-state index contributed by atoms with van der Waals surface area (Å²) in [7, 11) is 1.20. The first kappa shape index (κ1) is 16.1. The Hall–Kier alpha value is -2.28. The molecule has 0 fully saturated rings. The number of aromatic nitrogens is 1. The Bertz CT molecular complexity index is 624. The van der Waals surface area contributed by atoms with Gasteiger partial charge in [0, 0.05) is 24.6 Å². The minimum atomic E-state index is -4.55. The SMILES string of the molecule is CO[C@@H](C(=O)NCc1ccc[nH]1)c1ccccc1C(F)(F)F. The molecule has 0 aliphatic rings. The number of hydrogen-bond donors (Lipinski definition) is 2. The Morgan fingerprint density at radius 1 is 1.27 bits per heavy atom. The van der Waals surface area contributed by atoms with Crippen molar-refractivity contribution < 1.29 is 22.7 Å². The smallest absolute Gasteiger partial charge is 0.367 e. The number of nitrogens with one attached hydrogen (secondary N) is 2. The first-order chi connectivity index (χ1) is 10.4. The van der Waals surface area contributed by atoms with E-state index in [0.29, 0.717) is 0 Å². The van der Waals surface area contributed by atoms with Crippen LogP contribution in [-0.2, 0) is 22.3 Å². The van der Waals surface area contributed by atoms with Crippen molar-refractivity contribution in [3.63, 3.8) is 0 Å². The normalized spacial score (nSPS) is 12.9. The number of aromatic amines is 1. The number of carbonyl (C=O) groups excluding carboxylic acids is 1. The molecule has 1 heterocycles. The van der Waals surface area contributed by atoms with Crippen LogP contribution in [-0.4, -0.2) is 18.0 Å². The molecule has 1 aromatic carbocycles. The minimum Gasteiger partial charge on any atom is -0.367 e. The number of H-pyrrole nitrogens is 1. The summed E-state index contributed by atoms with van der Waals surface area (Å²) in [6, 6.07) is 8.40. The first-order valence-electron chi connectivity index (χ1n) is 6.52. The van der Waals surface area contributed by atoms with Gasteiger partial charge >= 0.3 is 6.18 Å². The molecule has 0 aliphatic heterocycles. The first-order valence-corrected chi connectivity index (χ1v) is 6.52. The van der Waals surface area contributed by atoms with Gasteiger partial charge in [-0.2, -0.15) is 13.2 Å². The third kappa shape index (κ3) is 3.67. The number of ether oxygens (including phenoxy) is 1. The lowest BCUT2D eigenvalue weighted by atomic mass is 10.0. The Morgan fingerprint density at radius 2 is 2.00 bits per heavy atom. The van der Waals surface area contributed by atoms with Gasteiger partial charge < -0.3 is 15.0 Å². The van der Waals surface area contributed by atoms with Gasteiger partial charge in [-0.05, 0) is 18.2 Å². The van der Waals surface area contributed by atoms with Crippen LogP contribution in [0, 0.1) is 0 Å². The summed E-state index contributed by atoms with van der Waals surface area (Å²) in [5.74, 6) is -0.631. The van der Waals surface area contributed by atoms with E-state index in [1.165, 1.54) is 25.3 Å². The fourth-order valence-corrected chi connectivity index (χ4v) is 2.11. The molecule has 1 aromatic heterocycles. The predicted molar refractivity (Wildman–Crippen MR) is 73.8 cm³/mol. The number of amides is 1. The summed E-state index contributed by atoms with van der Waals surface area (Å²) in [6.45, 7) is 0.180. The van der Waals surface area contributed by atoms with Crippen molar-refractivity contribution in [2.45, 2.75) is 18.8 Å². The molecular formula is C15H15F3N2O2. The van der Waals surface area contributed by atoms with E-state index < -0.39 is 23.8 Å². The Morgan fingerprint density at radius 3 is 2.59 bits per heavy atom. The Kier molecular flexibility index (Phi) is 4.87. The van der Waals surface area contributed by atoms with Gasteiger partial charge in [0.2, 0.25) is 0 Å². The number of carbonyl (C=O) groups is 1. The highest BCUT2D eigenvalue weighted by Crippen LogP contribution is 2.35. The molecule has 0 spiro atoms. The molecule has 0 saturated carbocycles. The van der Waals surface area contributed by atoms with E-state index in [1.807, 2.05) is 0 Å². The van der Waals surface area contributed by atoms with Crippen LogP contribution in [0.25, 0.3) is 0 Å². The van der Waals surface area contributed by atoms with E-state index >= 15 is 0 Å². The maximum Gasteiger partial charge on any atom is 0.416 e. The van der Waals surface area contributed by atoms with Crippen LogP contribution >= 0.6 is 0 Å². The van der Waals surface area contributed by atoms with E-state index in [-0.39, 0.29) is 12.1 Å². The molecule has 0 bridgehead atoms. The van der Waals surface area contributed by atoms with Crippen LogP contribution in [0.15, 0.2) is 42.6 Å². The predicted octanol–water partition coefficient (Wildman–Crippen LogP) is 3.04. The van der Waals surface area contributed by atoms with E-state index in [0.717, 1.165) is 11.8 Å². The van der Waals surface area contributed by atoms with Gasteiger partial charge in [0.1, 0.15) is 0 Å². The van der Waals surface area contributed by atoms with Gasteiger partial charge in [0.25, 0.3) is 5.91 Å². The monoisotopic (exact) mass is 312 g/mol. The molecule has 22 heavy (non-hydrogen) atoms. The molecule has 2 rings (SSSR count). The average Bonchev–Trinajstić information content (AvgIpc) is 2.99. The van der Waals surface area contributed by atoms with E-state index in [9.17, 15) is 18.0 Å².